The third kappa shape index (κ3) is 4.44. The summed E-state index contributed by atoms with van der Waals surface area (Å²) >= 11 is 0. The molecule has 0 aliphatic carbocycles. The van der Waals surface area contributed by atoms with Crippen LogP contribution in [0.4, 0.5) is 5.69 Å². The van der Waals surface area contributed by atoms with E-state index >= 15 is 0 Å². The van der Waals surface area contributed by atoms with E-state index in [9.17, 15) is 8.42 Å². The Labute approximate surface area is 177 Å². The zero-order chi connectivity index (χ0) is 21.1. The molecule has 0 radical (unpaired) electrons. The minimum Gasteiger partial charge on any atom is -0.279 e. The monoisotopic (exact) mass is 417 g/mol. The Kier molecular flexibility index (Phi) is 5.42. The fourth-order valence-corrected chi connectivity index (χ4v) is 4.70. The first kappa shape index (κ1) is 19.9. The molecule has 0 spiro atoms. The van der Waals surface area contributed by atoms with Crippen LogP contribution in [0.15, 0.2) is 90.0 Å². The Morgan fingerprint density at radius 2 is 1.47 bits per heavy atom. The molecule has 0 atom stereocenters. The zero-order valence-electron chi connectivity index (χ0n) is 16.9. The number of aryl methyl sites for hydroxylation is 2. The molecule has 30 heavy (non-hydrogen) atoms. The lowest BCUT2D eigenvalue weighted by Gasteiger charge is -2.10. The number of hydrogen-bond donors (Lipinski definition) is 1. The fraction of sp³-hybridized carbons (Fsp3) is 0.125. The van der Waals surface area contributed by atoms with Gasteiger partial charge in [-0.1, -0.05) is 66.7 Å². The zero-order valence-corrected chi connectivity index (χ0v) is 17.7. The lowest BCUT2D eigenvalue weighted by Crippen LogP contribution is -2.13. The van der Waals surface area contributed by atoms with Crippen molar-refractivity contribution in [1.29, 1.82) is 0 Å². The highest BCUT2D eigenvalue weighted by molar-refractivity contribution is 7.92. The van der Waals surface area contributed by atoms with E-state index in [0.717, 1.165) is 22.3 Å². The average Bonchev–Trinajstić information content (AvgIpc) is 3.13. The molecule has 1 aromatic heterocycles. The highest BCUT2D eigenvalue weighted by atomic mass is 32.2. The van der Waals surface area contributed by atoms with Gasteiger partial charge in [0.15, 0.2) is 0 Å². The molecular weight excluding hydrogens is 394 g/mol. The minimum atomic E-state index is -3.83. The molecule has 0 unspecified atom stereocenters. The minimum absolute atomic E-state index is 0.156. The number of anilines is 1. The summed E-state index contributed by atoms with van der Waals surface area (Å²) in [6.45, 7) is 4.37. The smallest absolute Gasteiger partial charge is 0.265 e. The predicted octanol–water partition coefficient (Wildman–Crippen LogP) is 5.02. The molecule has 0 bridgehead atoms. The Morgan fingerprint density at radius 3 is 2.10 bits per heavy atom. The van der Waals surface area contributed by atoms with Crippen molar-refractivity contribution in [2.45, 2.75) is 25.3 Å². The van der Waals surface area contributed by atoms with Crippen LogP contribution >= 0.6 is 0 Å². The second-order valence-electron chi connectivity index (χ2n) is 7.37. The summed E-state index contributed by atoms with van der Waals surface area (Å²) < 4.78 is 31.0. The van der Waals surface area contributed by atoms with Crippen LogP contribution in [-0.2, 0) is 16.6 Å². The molecule has 4 rings (SSSR count). The normalized spacial score (nSPS) is 11.4. The van der Waals surface area contributed by atoms with Gasteiger partial charge < -0.3 is 0 Å². The van der Waals surface area contributed by atoms with Crippen LogP contribution in [0.1, 0.15) is 16.7 Å². The van der Waals surface area contributed by atoms with Crippen molar-refractivity contribution in [3.8, 4) is 11.3 Å². The number of nitrogens with one attached hydrogen (secondary N) is 1. The highest BCUT2D eigenvalue weighted by Gasteiger charge is 2.24. The molecule has 1 heterocycles. The molecule has 6 heteroatoms. The number of sulfonamides is 1. The summed E-state index contributed by atoms with van der Waals surface area (Å²) in [4.78, 5) is 0.156. The molecule has 152 valence electrons. The van der Waals surface area contributed by atoms with Crippen molar-refractivity contribution in [2.75, 3.05) is 4.72 Å². The summed E-state index contributed by atoms with van der Waals surface area (Å²) in [5.74, 6) is 0. The second kappa shape index (κ2) is 8.16. The van der Waals surface area contributed by atoms with Crippen LogP contribution in [0.3, 0.4) is 0 Å². The van der Waals surface area contributed by atoms with Crippen molar-refractivity contribution >= 4 is 15.7 Å². The van der Waals surface area contributed by atoms with Crippen LogP contribution in [-0.4, -0.2) is 18.2 Å². The molecule has 4 aromatic rings. The van der Waals surface area contributed by atoms with Gasteiger partial charge in [-0.2, -0.15) is 5.10 Å². The maximum Gasteiger partial charge on any atom is 0.265 e. The molecule has 1 N–H and O–H groups in total. The summed E-state index contributed by atoms with van der Waals surface area (Å²) in [6, 6.07) is 24.9. The molecule has 5 nitrogen and oxygen atoms in total. The van der Waals surface area contributed by atoms with Gasteiger partial charge in [0.25, 0.3) is 10.0 Å². The average molecular weight is 418 g/mol. The molecular formula is C24H23N3O2S. The van der Waals surface area contributed by atoms with Crippen LogP contribution in [0.25, 0.3) is 11.3 Å². The van der Waals surface area contributed by atoms with Gasteiger partial charge in [0.1, 0.15) is 10.6 Å². The van der Waals surface area contributed by atoms with E-state index in [1.54, 1.807) is 10.9 Å². The number of benzene rings is 3. The molecule has 0 fully saturated rings. The van der Waals surface area contributed by atoms with Gasteiger partial charge >= 0.3 is 0 Å². The second-order valence-corrected chi connectivity index (χ2v) is 9.02. The first-order valence-electron chi connectivity index (χ1n) is 9.69. The SMILES string of the molecule is Cc1cc(C)cc(NS(=O)(=O)c2cn(Cc3ccccc3)nc2-c2ccccc2)c1. The Bertz CT molecular complexity index is 1240. The Balaban J connectivity index is 1.76. The fourth-order valence-electron chi connectivity index (χ4n) is 3.49. The van der Waals surface area contributed by atoms with Crippen LogP contribution in [0.5, 0.6) is 0 Å². The van der Waals surface area contributed by atoms with E-state index in [1.807, 2.05) is 92.7 Å². The number of nitrogens with zero attached hydrogens (tertiary/aromatic N) is 2. The Hall–Kier alpha value is -3.38. The summed E-state index contributed by atoms with van der Waals surface area (Å²) in [5.41, 5.74) is 4.77. The maximum absolute atomic E-state index is 13.3. The van der Waals surface area contributed by atoms with E-state index in [2.05, 4.69) is 9.82 Å². The molecule has 3 aromatic carbocycles. The van der Waals surface area contributed by atoms with Crippen LogP contribution in [0.2, 0.25) is 0 Å². The first-order valence-corrected chi connectivity index (χ1v) is 11.2. The van der Waals surface area contributed by atoms with Crippen LogP contribution < -0.4 is 4.72 Å². The lowest BCUT2D eigenvalue weighted by atomic mass is 10.1. The maximum atomic E-state index is 13.3. The van der Waals surface area contributed by atoms with E-state index in [4.69, 9.17) is 0 Å². The number of hydrogen-bond acceptors (Lipinski definition) is 3. The van der Waals surface area contributed by atoms with E-state index < -0.39 is 10.0 Å². The number of rotatable bonds is 6. The summed E-state index contributed by atoms with van der Waals surface area (Å²) in [7, 11) is -3.83. The van der Waals surface area contributed by atoms with Crippen molar-refractivity contribution in [3.05, 3.63) is 102 Å². The van der Waals surface area contributed by atoms with Gasteiger partial charge in [0.05, 0.1) is 6.54 Å². The van der Waals surface area contributed by atoms with Crippen molar-refractivity contribution < 1.29 is 8.42 Å². The van der Waals surface area contributed by atoms with Gasteiger partial charge in [-0.15, -0.1) is 0 Å². The highest BCUT2D eigenvalue weighted by Crippen LogP contribution is 2.28. The molecule has 0 aliphatic rings. The molecule has 0 saturated carbocycles. The molecule has 0 amide bonds. The quantitative estimate of drug-likeness (QED) is 0.479. The topological polar surface area (TPSA) is 64.0 Å². The van der Waals surface area contributed by atoms with Gasteiger partial charge in [-0.3, -0.25) is 9.40 Å². The van der Waals surface area contributed by atoms with Crippen molar-refractivity contribution in [2.24, 2.45) is 0 Å². The van der Waals surface area contributed by atoms with E-state index in [1.165, 1.54) is 0 Å². The van der Waals surface area contributed by atoms with E-state index in [-0.39, 0.29) is 4.90 Å². The number of aromatic nitrogens is 2. The first-order chi connectivity index (χ1) is 14.4. The van der Waals surface area contributed by atoms with E-state index in [0.29, 0.717) is 17.9 Å². The van der Waals surface area contributed by atoms with Gasteiger partial charge in [-0.05, 0) is 42.7 Å². The standard InChI is InChI=1S/C24H23N3O2S/c1-18-13-19(2)15-22(14-18)26-30(28,29)23-17-27(16-20-9-5-3-6-10-20)25-24(23)21-11-7-4-8-12-21/h3-15,17,26H,16H2,1-2H3. The summed E-state index contributed by atoms with van der Waals surface area (Å²) in [5, 5.41) is 4.62. The van der Waals surface area contributed by atoms with Crippen molar-refractivity contribution in [3.63, 3.8) is 0 Å². The van der Waals surface area contributed by atoms with Gasteiger partial charge in [-0.25, -0.2) is 8.42 Å². The summed E-state index contributed by atoms with van der Waals surface area (Å²) in [6.07, 6.45) is 1.60. The van der Waals surface area contributed by atoms with Crippen LogP contribution in [0, 0.1) is 13.8 Å². The third-order valence-electron chi connectivity index (χ3n) is 4.73. The molecule has 0 aliphatic heterocycles. The van der Waals surface area contributed by atoms with Crippen molar-refractivity contribution in [1.82, 2.24) is 9.78 Å². The van der Waals surface area contributed by atoms with Gasteiger partial charge in [0, 0.05) is 17.4 Å². The lowest BCUT2D eigenvalue weighted by molar-refractivity contribution is 0.601. The molecule has 0 saturated heterocycles. The Morgan fingerprint density at radius 1 is 0.867 bits per heavy atom. The van der Waals surface area contributed by atoms with Gasteiger partial charge in [0.2, 0.25) is 0 Å². The largest absolute Gasteiger partial charge is 0.279 e. The third-order valence-corrected chi connectivity index (χ3v) is 6.11. The predicted molar refractivity (Wildman–Crippen MR) is 120 cm³/mol.